The molecule has 2 aromatic carbocycles. The first kappa shape index (κ1) is 11.5. The van der Waals surface area contributed by atoms with E-state index in [0.717, 1.165) is 11.3 Å². The van der Waals surface area contributed by atoms with Gasteiger partial charge in [-0.25, -0.2) is 0 Å². The van der Waals surface area contributed by atoms with Crippen LogP contribution in [-0.2, 0) is 0 Å². The van der Waals surface area contributed by atoms with Crippen molar-refractivity contribution >= 4 is 23.1 Å². The van der Waals surface area contributed by atoms with Gasteiger partial charge in [0.2, 0.25) is 0 Å². The maximum Gasteiger partial charge on any atom is 0.292 e. The van der Waals surface area contributed by atoms with Gasteiger partial charge in [-0.3, -0.25) is 10.1 Å². The molecule has 2 aromatic rings. The van der Waals surface area contributed by atoms with Crippen molar-refractivity contribution in [2.24, 2.45) is 0 Å². The molecule has 19 heavy (non-hydrogen) atoms. The van der Waals surface area contributed by atoms with Crippen LogP contribution in [0.15, 0.2) is 54.6 Å². The van der Waals surface area contributed by atoms with Gasteiger partial charge in [0.25, 0.3) is 5.69 Å². The van der Waals surface area contributed by atoms with Gasteiger partial charge in [0.15, 0.2) is 0 Å². The molecule has 0 fully saturated rings. The number of para-hydroxylation sites is 3. The van der Waals surface area contributed by atoms with Crippen molar-refractivity contribution < 1.29 is 4.92 Å². The van der Waals surface area contributed by atoms with E-state index in [1.54, 1.807) is 12.1 Å². The summed E-state index contributed by atoms with van der Waals surface area (Å²) < 4.78 is 0. The van der Waals surface area contributed by atoms with E-state index in [2.05, 4.69) is 0 Å². The van der Waals surface area contributed by atoms with Crippen molar-refractivity contribution in [1.82, 2.24) is 0 Å². The van der Waals surface area contributed by atoms with Gasteiger partial charge < -0.3 is 4.90 Å². The van der Waals surface area contributed by atoms with Crippen molar-refractivity contribution in [2.45, 2.75) is 0 Å². The van der Waals surface area contributed by atoms with Crippen LogP contribution in [0.3, 0.4) is 0 Å². The molecule has 0 radical (unpaired) electrons. The maximum absolute atomic E-state index is 11.1. The molecule has 1 aliphatic heterocycles. The fourth-order valence-corrected chi connectivity index (χ4v) is 2.33. The van der Waals surface area contributed by atoms with E-state index in [1.165, 1.54) is 6.07 Å². The highest BCUT2D eigenvalue weighted by Gasteiger charge is 2.21. The van der Waals surface area contributed by atoms with E-state index in [1.807, 2.05) is 47.4 Å². The standard InChI is InChI=1S/C15H12N2O2/c18-17(19)15-10-4-3-9-14(15)16-11-5-7-12-6-1-2-8-13(12)16/h1-10H,11H2. The van der Waals surface area contributed by atoms with Crippen LogP contribution in [0.2, 0.25) is 0 Å². The number of hydrogen-bond acceptors (Lipinski definition) is 3. The number of nitro groups is 1. The molecular weight excluding hydrogens is 240 g/mol. The molecule has 0 saturated heterocycles. The lowest BCUT2D eigenvalue weighted by molar-refractivity contribution is -0.384. The minimum Gasteiger partial charge on any atom is -0.331 e. The monoisotopic (exact) mass is 252 g/mol. The van der Waals surface area contributed by atoms with Crippen molar-refractivity contribution in [3.8, 4) is 0 Å². The summed E-state index contributed by atoms with van der Waals surface area (Å²) in [6.45, 7) is 0.641. The van der Waals surface area contributed by atoms with Crippen molar-refractivity contribution in [2.75, 3.05) is 11.4 Å². The molecule has 0 unspecified atom stereocenters. The summed E-state index contributed by atoms with van der Waals surface area (Å²) in [6.07, 6.45) is 4.06. The molecule has 0 spiro atoms. The van der Waals surface area contributed by atoms with Crippen LogP contribution < -0.4 is 4.90 Å². The van der Waals surface area contributed by atoms with Crippen LogP contribution in [0.1, 0.15) is 5.56 Å². The number of nitro benzene ring substituents is 1. The second-order valence-corrected chi connectivity index (χ2v) is 4.32. The van der Waals surface area contributed by atoms with E-state index >= 15 is 0 Å². The Morgan fingerprint density at radius 1 is 1.00 bits per heavy atom. The molecule has 0 atom stereocenters. The Morgan fingerprint density at radius 2 is 1.68 bits per heavy atom. The molecule has 0 amide bonds. The summed E-state index contributed by atoms with van der Waals surface area (Å²) in [7, 11) is 0. The molecule has 0 aliphatic carbocycles. The summed E-state index contributed by atoms with van der Waals surface area (Å²) in [6, 6.07) is 14.7. The first-order valence-corrected chi connectivity index (χ1v) is 6.04. The lowest BCUT2D eigenvalue weighted by atomic mass is 10.1. The molecule has 4 heteroatoms. The minimum absolute atomic E-state index is 0.132. The smallest absolute Gasteiger partial charge is 0.292 e. The van der Waals surface area contributed by atoms with E-state index in [4.69, 9.17) is 0 Å². The van der Waals surface area contributed by atoms with Gasteiger partial charge in [0.1, 0.15) is 5.69 Å². The number of anilines is 2. The summed E-state index contributed by atoms with van der Waals surface area (Å²) in [5.74, 6) is 0. The Hall–Kier alpha value is -2.62. The van der Waals surface area contributed by atoms with Crippen LogP contribution in [0.4, 0.5) is 17.1 Å². The van der Waals surface area contributed by atoms with E-state index in [-0.39, 0.29) is 10.6 Å². The van der Waals surface area contributed by atoms with Crippen molar-refractivity contribution in [3.63, 3.8) is 0 Å². The van der Waals surface area contributed by atoms with Crippen LogP contribution in [0.25, 0.3) is 6.08 Å². The number of hydrogen-bond donors (Lipinski definition) is 0. The highest BCUT2D eigenvalue weighted by Crippen LogP contribution is 2.37. The number of fused-ring (bicyclic) bond motifs is 1. The average Bonchev–Trinajstić information content (AvgIpc) is 2.46. The quantitative estimate of drug-likeness (QED) is 0.604. The van der Waals surface area contributed by atoms with Gasteiger partial charge in [-0.15, -0.1) is 0 Å². The molecule has 0 N–H and O–H groups in total. The molecule has 3 rings (SSSR count). The molecule has 1 heterocycles. The number of benzene rings is 2. The summed E-state index contributed by atoms with van der Waals surface area (Å²) in [5, 5.41) is 11.1. The largest absolute Gasteiger partial charge is 0.331 e. The fraction of sp³-hybridized carbons (Fsp3) is 0.0667. The van der Waals surface area contributed by atoms with Gasteiger partial charge in [-0.2, -0.15) is 0 Å². The first-order valence-electron chi connectivity index (χ1n) is 6.04. The minimum atomic E-state index is -0.337. The highest BCUT2D eigenvalue weighted by molar-refractivity contribution is 5.80. The third-order valence-electron chi connectivity index (χ3n) is 3.18. The van der Waals surface area contributed by atoms with E-state index < -0.39 is 0 Å². The van der Waals surface area contributed by atoms with E-state index in [9.17, 15) is 10.1 Å². The fourth-order valence-electron chi connectivity index (χ4n) is 2.33. The zero-order chi connectivity index (χ0) is 13.2. The van der Waals surface area contributed by atoms with Gasteiger partial charge in [0.05, 0.1) is 4.92 Å². The summed E-state index contributed by atoms with van der Waals surface area (Å²) in [4.78, 5) is 12.8. The van der Waals surface area contributed by atoms with Gasteiger partial charge >= 0.3 is 0 Å². The third kappa shape index (κ3) is 1.97. The SMILES string of the molecule is O=[N+]([O-])c1ccccc1N1CC=Cc2ccccc21. The molecule has 0 saturated carbocycles. The zero-order valence-electron chi connectivity index (χ0n) is 10.2. The second-order valence-electron chi connectivity index (χ2n) is 4.32. The van der Waals surface area contributed by atoms with Gasteiger partial charge in [0, 0.05) is 18.3 Å². The lowest BCUT2D eigenvalue weighted by Gasteiger charge is -2.27. The summed E-state index contributed by atoms with van der Waals surface area (Å²) in [5.41, 5.74) is 2.84. The number of nitrogens with zero attached hydrogens (tertiary/aromatic N) is 2. The Bertz CT molecular complexity index is 665. The van der Waals surface area contributed by atoms with Crippen molar-refractivity contribution in [3.05, 3.63) is 70.3 Å². The summed E-state index contributed by atoms with van der Waals surface area (Å²) >= 11 is 0. The Balaban J connectivity index is 2.14. The molecule has 94 valence electrons. The van der Waals surface area contributed by atoms with Crippen LogP contribution >= 0.6 is 0 Å². The highest BCUT2D eigenvalue weighted by atomic mass is 16.6. The van der Waals surface area contributed by atoms with Crippen molar-refractivity contribution in [1.29, 1.82) is 0 Å². The Morgan fingerprint density at radius 3 is 2.47 bits per heavy atom. The average molecular weight is 252 g/mol. The molecule has 4 nitrogen and oxygen atoms in total. The maximum atomic E-state index is 11.1. The van der Waals surface area contributed by atoms with Crippen LogP contribution in [0.5, 0.6) is 0 Å². The van der Waals surface area contributed by atoms with Crippen LogP contribution in [-0.4, -0.2) is 11.5 Å². The van der Waals surface area contributed by atoms with Gasteiger partial charge in [-0.05, 0) is 17.7 Å². The predicted octanol–water partition coefficient (Wildman–Crippen LogP) is 3.76. The first-order chi connectivity index (χ1) is 9.27. The molecule has 0 aromatic heterocycles. The molecule has 0 bridgehead atoms. The van der Waals surface area contributed by atoms with Crippen LogP contribution in [0, 0.1) is 10.1 Å². The molecule has 1 aliphatic rings. The predicted molar refractivity (Wildman–Crippen MR) is 75.6 cm³/mol. The number of rotatable bonds is 2. The van der Waals surface area contributed by atoms with E-state index in [0.29, 0.717) is 12.2 Å². The Kier molecular flexibility index (Phi) is 2.76. The second kappa shape index (κ2) is 4.57. The molecular formula is C15H12N2O2. The third-order valence-corrected chi connectivity index (χ3v) is 3.18. The Labute approximate surface area is 110 Å². The normalized spacial score (nSPS) is 13.2. The lowest BCUT2D eigenvalue weighted by Crippen LogP contribution is -2.21. The topological polar surface area (TPSA) is 46.4 Å². The van der Waals surface area contributed by atoms with Gasteiger partial charge in [-0.1, -0.05) is 42.5 Å². The zero-order valence-corrected chi connectivity index (χ0v) is 10.2.